The van der Waals surface area contributed by atoms with Crippen LogP contribution < -0.4 is 0 Å². The first-order valence-electron chi connectivity index (χ1n) is 8.22. The van der Waals surface area contributed by atoms with Crippen LogP contribution in [0.4, 0.5) is 0 Å². The molecule has 23 heavy (non-hydrogen) atoms. The summed E-state index contributed by atoms with van der Waals surface area (Å²) in [6, 6.07) is 8.45. The van der Waals surface area contributed by atoms with Gasteiger partial charge in [-0.1, -0.05) is 52.0 Å². The Kier molecular flexibility index (Phi) is 5.41. The summed E-state index contributed by atoms with van der Waals surface area (Å²) in [4.78, 5) is 18.2. The molecule has 2 nitrogen and oxygen atoms in total. The summed E-state index contributed by atoms with van der Waals surface area (Å²) in [5.41, 5.74) is 3.64. The Bertz CT molecular complexity index is 677. The van der Waals surface area contributed by atoms with Gasteiger partial charge < -0.3 is 0 Å². The predicted octanol–water partition coefficient (Wildman–Crippen LogP) is 5.36. The van der Waals surface area contributed by atoms with Crippen LogP contribution in [-0.4, -0.2) is 10.8 Å². The Labute approximate surface area is 144 Å². The third-order valence-electron chi connectivity index (χ3n) is 4.16. The van der Waals surface area contributed by atoms with Crippen molar-refractivity contribution in [2.24, 2.45) is 0 Å². The second kappa shape index (κ2) is 6.96. The number of hydrogen-bond acceptors (Lipinski definition) is 3. The summed E-state index contributed by atoms with van der Waals surface area (Å²) in [6.45, 7) is 12.8. The second-order valence-corrected chi connectivity index (χ2v) is 8.85. The molecule has 0 bridgehead atoms. The van der Waals surface area contributed by atoms with Crippen molar-refractivity contribution in [3.8, 4) is 0 Å². The third kappa shape index (κ3) is 4.74. The fraction of sp³-hybridized carbons (Fsp3) is 0.500. The lowest BCUT2D eigenvalue weighted by Crippen LogP contribution is -2.12. The maximum atomic E-state index is 12.4. The zero-order valence-corrected chi connectivity index (χ0v) is 15.9. The van der Waals surface area contributed by atoms with Crippen LogP contribution in [0, 0.1) is 13.8 Å². The molecule has 0 aliphatic rings. The number of ketones is 1. The lowest BCUT2D eigenvalue weighted by Gasteiger charge is -2.19. The van der Waals surface area contributed by atoms with Crippen LogP contribution >= 0.6 is 11.3 Å². The van der Waals surface area contributed by atoms with E-state index < -0.39 is 0 Å². The molecule has 1 aromatic carbocycles. The molecular weight excluding hydrogens is 302 g/mol. The van der Waals surface area contributed by atoms with E-state index in [0.717, 1.165) is 16.3 Å². The minimum Gasteiger partial charge on any atom is -0.299 e. The van der Waals surface area contributed by atoms with Crippen molar-refractivity contribution < 1.29 is 4.79 Å². The molecule has 0 fully saturated rings. The summed E-state index contributed by atoms with van der Waals surface area (Å²) < 4.78 is 0. The second-order valence-electron chi connectivity index (χ2n) is 7.44. The monoisotopic (exact) mass is 329 g/mol. The number of aryl methyl sites for hydroxylation is 2. The van der Waals surface area contributed by atoms with Gasteiger partial charge in [0.15, 0.2) is 0 Å². The van der Waals surface area contributed by atoms with Gasteiger partial charge in [0.05, 0.1) is 10.7 Å². The Morgan fingerprint density at radius 1 is 1.17 bits per heavy atom. The number of rotatable bonds is 5. The van der Waals surface area contributed by atoms with E-state index in [0.29, 0.717) is 12.8 Å². The minimum absolute atomic E-state index is 0.150. The highest BCUT2D eigenvalue weighted by Crippen LogP contribution is 2.27. The van der Waals surface area contributed by atoms with E-state index in [1.165, 1.54) is 10.4 Å². The summed E-state index contributed by atoms with van der Waals surface area (Å²) in [5.74, 6) is 0.479. The maximum absolute atomic E-state index is 12.4. The molecule has 1 aromatic heterocycles. The van der Waals surface area contributed by atoms with Gasteiger partial charge in [-0.2, -0.15) is 0 Å². The Hall–Kier alpha value is -1.48. The molecule has 1 heterocycles. The van der Waals surface area contributed by atoms with Gasteiger partial charge >= 0.3 is 0 Å². The van der Waals surface area contributed by atoms with Crippen LogP contribution in [-0.2, 0) is 16.6 Å². The number of nitrogens with zero attached hydrogens (tertiary/aromatic N) is 1. The molecule has 3 heteroatoms. The van der Waals surface area contributed by atoms with Gasteiger partial charge in [-0.15, -0.1) is 11.3 Å². The number of benzene rings is 1. The van der Waals surface area contributed by atoms with Crippen molar-refractivity contribution >= 4 is 17.1 Å². The molecular formula is C20H27NOS. The first-order valence-corrected chi connectivity index (χ1v) is 9.03. The Balaban J connectivity index is 1.98. The van der Waals surface area contributed by atoms with E-state index in [4.69, 9.17) is 0 Å². The summed E-state index contributed by atoms with van der Waals surface area (Å²) in [6.07, 6.45) is 1.07. The minimum atomic E-state index is 0.150. The number of carbonyl (C=O) groups excluding carboxylic acids is 1. The first kappa shape index (κ1) is 17.9. The zero-order valence-electron chi connectivity index (χ0n) is 15.1. The summed E-state index contributed by atoms with van der Waals surface area (Å²) >= 11 is 1.71. The van der Waals surface area contributed by atoms with Gasteiger partial charge in [0.25, 0.3) is 0 Å². The van der Waals surface area contributed by atoms with Crippen molar-refractivity contribution in [3.63, 3.8) is 0 Å². The zero-order chi connectivity index (χ0) is 17.2. The average Bonchev–Trinajstić information content (AvgIpc) is 2.77. The highest BCUT2D eigenvalue weighted by Gasteiger charge is 2.17. The van der Waals surface area contributed by atoms with Gasteiger partial charge in [0.1, 0.15) is 5.78 Å². The smallest absolute Gasteiger partial charge is 0.137 e. The predicted molar refractivity (Wildman–Crippen MR) is 98.5 cm³/mol. The molecule has 2 aromatic rings. The van der Waals surface area contributed by atoms with Crippen molar-refractivity contribution in [2.45, 2.75) is 65.7 Å². The van der Waals surface area contributed by atoms with Crippen LogP contribution in [0.25, 0.3) is 0 Å². The quantitative estimate of drug-likeness (QED) is 0.739. The maximum Gasteiger partial charge on any atom is 0.137 e. The largest absolute Gasteiger partial charge is 0.299 e. The van der Waals surface area contributed by atoms with Gasteiger partial charge in [0, 0.05) is 23.6 Å². The van der Waals surface area contributed by atoms with Crippen LogP contribution in [0.5, 0.6) is 0 Å². The van der Waals surface area contributed by atoms with Crippen LogP contribution in [0.1, 0.15) is 66.7 Å². The van der Waals surface area contributed by atoms with Gasteiger partial charge in [-0.05, 0) is 30.4 Å². The number of Topliss-reactive ketones (excluding diaryl/α,β-unsaturated/α-hetero) is 1. The molecule has 1 unspecified atom stereocenters. The number of thiazole rings is 1. The lowest BCUT2D eigenvalue weighted by molar-refractivity contribution is -0.118. The Morgan fingerprint density at radius 2 is 1.78 bits per heavy atom. The van der Waals surface area contributed by atoms with Crippen molar-refractivity contribution in [1.82, 2.24) is 4.98 Å². The number of carbonyl (C=O) groups is 1. The molecule has 1 atom stereocenters. The lowest BCUT2D eigenvalue weighted by atomic mass is 9.86. The van der Waals surface area contributed by atoms with Crippen LogP contribution in [0.2, 0.25) is 0 Å². The Morgan fingerprint density at radius 3 is 2.26 bits per heavy atom. The molecule has 124 valence electrons. The fourth-order valence-electron chi connectivity index (χ4n) is 2.86. The van der Waals surface area contributed by atoms with Crippen LogP contribution in [0.3, 0.4) is 0 Å². The van der Waals surface area contributed by atoms with E-state index in [2.05, 4.69) is 63.9 Å². The molecule has 0 N–H and O–H groups in total. The third-order valence-corrected chi connectivity index (χ3v) is 5.06. The summed E-state index contributed by atoms with van der Waals surface area (Å²) in [7, 11) is 0. The molecule has 0 aliphatic carbocycles. The van der Waals surface area contributed by atoms with Crippen molar-refractivity contribution in [3.05, 3.63) is 51.0 Å². The van der Waals surface area contributed by atoms with Crippen molar-refractivity contribution in [1.29, 1.82) is 0 Å². The van der Waals surface area contributed by atoms with E-state index >= 15 is 0 Å². The topological polar surface area (TPSA) is 30.0 Å². The number of hydrogen-bond donors (Lipinski definition) is 0. The normalized spacial score (nSPS) is 13.1. The standard InChI is InChI=1S/C20H27NOS/c1-13(19-14(2)23-15(3)21-19)11-18(22)12-16-7-9-17(10-8-16)20(4,5)6/h7-10,13H,11-12H2,1-6H3. The SMILES string of the molecule is Cc1nc(C(C)CC(=O)Cc2ccc(C(C)(C)C)cc2)c(C)s1. The van der Waals surface area contributed by atoms with E-state index in [-0.39, 0.29) is 17.1 Å². The van der Waals surface area contributed by atoms with E-state index in [1.54, 1.807) is 11.3 Å². The number of aromatic nitrogens is 1. The summed E-state index contributed by atoms with van der Waals surface area (Å²) in [5, 5.41) is 1.08. The van der Waals surface area contributed by atoms with Gasteiger partial charge in [-0.3, -0.25) is 4.79 Å². The van der Waals surface area contributed by atoms with E-state index in [9.17, 15) is 4.79 Å². The molecule has 0 aliphatic heterocycles. The highest BCUT2D eigenvalue weighted by atomic mass is 32.1. The van der Waals surface area contributed by atoms with Crippen molar-refractivity contribution in [2.75, 3.05) is 0 Å². The average molecular weight is 330 g/mol. The highest BCUT2D eigenvalue weighted by molar-refractivity contribution is 7.11. The fourth-order valence-corrected chi connectivity index (χ4v) is 3.80. The first-order chi connectivity index (χ1) is 10.7. The van der Waals surface area contributed by atoms with Crippen LogP contribution in [0.15, 0.2) is 24.3 Å². The molecule has 0 radical (unpaired) electrons. The molecule has 0 saturated heterocycles. The van der Waals surface area contributed by atoms with Gasteiger partial charge in [0.2, 0.25) is 0 Å². The van der Waals surface area contributed by atoms with E-state index in [1.807, 2.05) is 6.92 Å². The molecule has 2 rings (SSSR count). The molecule has 0 spiro atoms. The van der Waals surface area contributed by atoms with Gasteiger partial charge in [-0.25, -0.2) is 4.98 Å². The molecule has 0 saturated carbocycles. The molecule has 0 amide bonds.